The van der Waals surface area contributed by atoms with Crippen LogP contribution in [0.15, 0.2) is 0 Å². The predicted molar refractivity (Wildman–Crippen MR) is 30.9 cm³/mol. The molecule has 15 heavy (non-hydrogen) atoms. The first-order valence-corrected chi connectivity index (χ1v) is 3.81. The summed E-state index contributed by atoms with van der Waals surface area (Å²) in [4.78, 5) is 31.6. The van der Waals surface area contributed by atoms with E-state index in [1.54, 1.807) is 0 Å². The van der Waals surface area contributed by atoms with E-state index in [-0.39, 0.29) is 0 Å². The van der Waals surface area contributed by atoms with Gasteiger partial charge in [0.1, 0.15) is 0 Å². The van der Waals surface area contributed by atoms with Gasteiger partial charge in [-0.15, -0.1) is 0 Å². The Bertz CT molecular complexity index is 347. The molecule has 0 N–H and O–H groups in total. The van der Waals surface area contributed by atoms with Crippen molar-refractivity contribution in [2.24, 2.45) is 0 Å². The molecule has 3 saturated heterocycles. The molecule has 9 heteroatoms. The fraction of sp³-hybridized carbons (Fsp3) is 0.500. The lowest BCUT2D eigenvalue weighted by molar-refractivity contribution is -0.321. The zero-order valence-electron chi connectivity index (χ0n) is 6.67. The van der Waals surface area contributed by atoms with Gasteiger partial charge >= 0.3 is 35.8 Å². The highest BCUT2D eigenvalue weighted by atomic mass is 17.1. The van der Waals surface area contributed by atoms with Crippen LogP contribution >= 0.6 is 0 Å². The predicted octanol–water partition coefficient (Wildman–Crippen LogP) is -0.411. The van der Waals surface area contributed by atoms with E-state index < -0.39 is 35.8 Å². The van der Waals surface area contributed by atoms with E-state index in [0.29, 0.717) is 0 Å². The van der Waals surface area contributed by atoms with E-state index in [2.05, 4.69) is 28.4 Å². The number of rotatable bonds is 0. The molecular weight excluding hydrogens is 216 g/mol. The minimum absolute atomic E-state index is 0.996. The zero-order chi connectivity index (χ0) is 10.5. The third-order valence-electron chi connectivity index (χ3n) is 2.60. The molecule has 0 radical (unpaired) electrons. The van der Waals surface area contributed by atoms with Crippen LogP contribution in [0.25, 0.3) is 0 Å². The summed E-state index contributed by atoms with van der Waals surface area (Å²) in [6, 6.07) is 0. The molecule has 1 aliphatic carbocycles. The highest BCUT2D eigenvalue weighted by Crippen LogP contribution is 2.75. The Kier molecular flexibility index (Phi) is 0.693. The van der Waals surface area contributed by atoms with Crippen molar-refractivity contribution in [1.82, 2.24) is 0 Å². The Morgan fingerprint density at radius 3 is 0.867 bits per heavy atom. The summed E-state index contributed by atoms with van der Waals surface area (Å²) in [5.74, 6) is -5.38. The van der Waals surface area contributed by atoms with Gasteiger partial charge in [0.2, 0.25) is 0 Å². The molecule has 4 fully saturated rings. The molecule has 4 rings (SSSR count). The summed E-state index contributed by atoms with van der Waals surface area (Å²) in [6.07, 6.45) is -2.99. The van der Waals surface area contributed by atoms with Crippen molar-refractivity contribution in [2.75, 3.05) is 0 Å². The summed E-state index contributed by atoms with van der Waals surface area (Å²) < 4.78 is 27.5. The Morgan fingerprint density at radius 1 is 0.533 bits per heavy atom. The van der Waals surface area contributed by atoms with Gasteiger partial charge in [-0.2, -0.15) is 0 Å². The largest absolute Gasteiger partial charge is 0.515 e. The highest BCUT2D eigenvalue weighted by Gasteiger charge is 3.17. The molecule has 3 aliphatic heterocycles. The average Bonchev–Trinajstić information content (AvgIpc) is 2.49. The fourth-order valence-electron chi connectivity index (χ4n) is 1.94. The highest BCUT2D eigenvalue weighted by molar-refractivity contribution is 5.81. The number of ether oxygens (including phenoxy) is 6. The molecule has 78 valence electrons. The lowest BCUT2D eigenvalue weighted by atomic mass is 10.5. The topological polar surface area (TPSA) is 107 Å². The maximum Gasteiger partial charge on any atom is 0.515 e. The van der Waals surface area contributed by atoms with E-state index in [1.807, 2.05) is 0 Å². The van der Waals surface area contributed by atoms with E-state index in [0.717, 1.165) is 0 Å². The van der Waals surface area contributed by atoms with Crippen molar-refractivity contribution in [3.8, 4) is 0 Å². The van der Waals surface area contributed by atoms with Crippen LogP contribution in [0.5, 0.6) is 0 Å². The SMILES string of the molecule is O=C1OC2(O1)C1(OC(=O)O1)C21OC(=O)O1. The van der Waals surface area contributed by atoms with Crippen LogP contribution in [-0.4, -0.2) is 35.8 Å². The monoisotopic (exact) mass is 216 g/mol. The summed E-state index contributed by atoms with van der Waals surface area (Å²) in [5.41, 5.74) is 0. The van der Waals surface area contributed by atoms with E-state index >= 15 is 0 Å². The lowest BCUT2D eigenvalue weighted by Crippen LogP contribution is -2.53. The molecule has 1 saturated carbocycles. The first-order valence-electron chi connectivity index (χ1n) is 3.81. The van der Waals surface area contributed by atoms with Crippen LogP contribution < -0.4 is 0 Å². The number of carbonyl (C=O) groups excluding carboxylic acids is 3. The second kappa shape index (κ2) is 1.45. The summed E-state index contributed by atoms with van der Waals surface area (Å²) in [5, 5.41) is 0. The maximum atomic E-state index is 10.5. The molecule has 9 nitrogen and oxygen atoms in total. The van der Waals surface area contributed by atoms with Gasteiger partial charge < -0.3 is 28.4 Å². The van der Waals surface area contributed by atoms with Crippen LogP contribution in [0.4, 0.5) is 14.4 Å². The third-order valence-corrected chi connectivity index (χ3v) is 2.60. The van der Waals surface area contributed by atoms with E-state index in [4.69, 9.17) is 0 Å². The Hall–Kier alpha value is -2.19. The minimum atomic E-state index is -1.79. The van der Waals surface area contributed by atoms with Gasteiger partial charge in [-0.25, -0.2) is 14.4 Å². The number of hydrogen-bond acceptors (Lipinski definition) is 9. The second-order valence-corrected chi connectivity index (χ2v) is 3.21. The van der Waals surface area contributed by atoms with Gasteiger partial charge in [0, 0.05) is 0 Å². The van der Waals surface area contributed by atoms with E-state index in [1.165, 1.54) is 0 Å². The van der Waals surface area contributed by atoms with Crippen LogP contribution in [0.3, 0.4) is 0 Å². The van der Waals surface area contributed by atoms with Crippen molar-refractivity contribution in [3.05, 3.63) is 0 Å². The molecule has 0 unspecified atom stereocenters. The standard InChI is InChI=1S/C6O9/c7-1-10-4(11-1)5(12-2(8)13-5)6(4)14-3(9)15-6. The van der Waals surface area contributed by atoms with Crippen LogP contribution in [0, 0.1) is 0 Å². The fourth-order valence-corrected chi connectivity index (χ4v) is 1.94. The van der Waals surface area contributed by atoms with Crippen LogP contribution in [0.2, 0.25) is 0 Å². The Morgan fingerprint density at radius 2 is 0.733 bits per heavy atom. The van der Waals surface area contributed by atoms with Gasteiger partial charge in [0.15, 0.2) is 0 Å². The molecule has 0 bridgehead atoms. The number of hydrogen-bond donors (Lipinski definition) is 0. The quantitative estimate of drug-likeness (QED) is 0.394. The van der Waals surface area contributed by atoms with E-state index in [9.17, 15) is 14.4 Å². The van der Waals surface area contributed by atoms with Crippen molar-refractivity contribution < 1.29 is 42.8 Å². The first-order chi connectivity index (χ1) is 7.05. The molecule has 3 heterocycles. The normalized spacial score (nSPS) is 33.2. The maximum absolute atomic E-state index is 10.5. The molecule has 3 spiro atoms. The molecule has 0 aromatic carbocycles. The van der Waals surface area contributed by atoms with Crippen LogP contribution in [0.1, 0.15) is 0 Å². The molecule has 0 amide bonds. The van der Waals surface area contributed by atoms with Crippen molar-refractivity contribution in [2.45, 2.75) is 17.4 Å². The summed E-state index contributed by atoms with van der Waals surface area (Å²) in [6.45, 7) is 0. The molecular formula is C6O9. The van der Waals surface area contributed by atoms with Crippen LogP contribution in [-0.2, 0) is 28.4 Å². The number of carbonyl (C=O) groups is 3. The Balaban J connectivity index is 1.73. The minimum Gasteiger partial charge on any atom is -0.375 e. The van der Waals surface area contributed by atoms with Gasteiger partial charge in [-0.3, -0.25) is 0 Å². The molecule has 0 aromatic heterocycles. The first kappa shape index (κ1) is 7.15. The van der Waals surface area contributed by atoms with Crippen molar-refractivity contribution in [1.29, 1.82) is 0 Å². The third kappa shape index (κ3) is 0.408. The second-order valence-electron chi connectivity index (χ2n) is 3.21. The van der Waals surface area contributed by atoms with Crippen molar-refractivity contribution >= 4 is 18.5 Å². The summed E-state index contributed by atoms with van der Waals surface area (Å²) in [7, 11) is 0. The molecule has 0 aromatic rings. The molecule has 0 atom stereocenters. The number of fused-ring (bicyclic) bond motifs is 3. The average molecular weight is 216 g/mol. The lowest BCUT2D eigenvalue weighted by Gasteiger charge is -2.30. The van der Waals surface area contributed by atoms with Gasteiger partial charge in [-0.1, -0.05) is 0 Å². The van der Waals surface area contributed by atoms with Gasteiger partial charge in [-0.05, 0) is 0 Å². The summed E-state index contributed by atoms with van der Waals surface area (Å²) >= 11 is 0. The van der Waals surface area contributed by atoms with Gasteiger partial charge in [0.05, 0.1) is 0 Å². The molecule has 4 aliphatic rings. The van der Waals surface area contributed by atoms with Gasteiger partial charge in [0.25, 0.3) is 0 Å². The Labute approximate surface area is 79.7 Å². The smallest absolute Gasteiger partial charge is 0.375 e. The van der Waals surface area contributed by atoms with Crippen molar-refractivity contribution in [3.63, 3.8) is 0 Å². The zero-order valence-corrected chi connectivity index (χ0v) is 6.67.